The molecule has 2 saturated heterocycles. The molecule has 2 fully saturated rings. The summed E-state index contributed by atoms with van der Waals surface area (Å²) in [4.78, 5) is 17.9. The zero-order valence-corrected chi connectivity index (χ0v) is 16.2. The van der Waals surface area contributed by atoms with Gasteiger partial charge in [0, 0.05) is 37.1 Å². The van der Waals surface area contributed by atoms with E-state index in [-0.39, 0.29) is 23.5 Å². The van der Waals surface area contributed by atoms with Gasteiger partial charge in [0.25, 0.3) is 5.91 Å². The van der Waals surface area contributed by atoms with Crippen LogP contribution in [-0.4, -0.2) is 81.2 Å². The Balaban J connectivity index is 1.64. The highest BCUT2D eigenvalue weighted by molar-refractivity contribution is 7.98. The molecule has 8 heteroatoms. The second-order valence-corrected chi connectivity index (χ2v) is 9.56. The number of hydrogen-bond acceptors (Lipinski definition) is 6. The van der Waals surface area contributed by atoms with Crippen LogP contribution in [0.5, 0.6) is 5.75 Å². The Morgan fingerprint density at radius 3 is 2.52 bits per heavy atom. The van der Waals surface area contributed by atoms with E-state index >= 15 is 0 Å². The van der Waals surface area contributed by atoms with Gasteiger partial charge in [-0.15, -0.1) is 11.8 Å². The molecule has 1 amide bonds. The van der Waals surface area contributed by atoms with Crippen LogP contribution in [0, 0.1) is 0 Å². The van der Waals surface area contributed by atoms with Gasteiger partial charge < -0.3 is 9.64 Å². The number of hydrogen-bond donors (Lipinski definition) is 0. The van der Waals surface area contributed by atoms with Gasteiger partial charge in [0.2, 0.25) is 0 Å². The minimum absolute atomic E-state index is 0.0248. The highest BCUT2D eigenvalue weighted by Crippen LogP contribution is 2.27. The molecule has 1 aromatic carbocycles. The zero-order chi connectivity index (χ0) is 18.0. The maximum Gasteiger partial charge on any atom is 0.257 e. The van der Waals surface area contributed by atoms with Crippen molar-refractivity contribution in [1.29, 1.82) is 0 Å². The first-order valence-corrected chi connectivity index (χ1v) is 11.4. The van der Waals surface area contributed by atoms with Crippen molar-refractivity contribution in [1.82, 2.24) is 9.80 Å². The lowest BCUT2D eigenvalue weighted by Gasteiger charge is -2.37. The van der Waals surface area contributed by atoms with Gasteiger partial charge in [-0.1, -0.05) is 0 Å². The van der Waals surface area contributed by atoms with E-state index in [9.17, 15) is 13.2 Å². The summed E-state index contributed by atoms with van der Waals surface area (Å²) in [5, 5.41) is 0. The summed E-state index contributed by atoms with van der Waals surface area (Å²) in [7, 11) is -1.30. The van der Waals surface area contributed by atoms with Gasteiger partial charge in [-0.25, -0.2) is 8.42 Å². The van der Waals surface area contributed by atoms with Crippen LogP contribution >= 0.6 is 11.8 Å². The largest absolute Gasteiger partial charge is 0.496 e. The highest BCUT2D eigenvalue weighted by Gasteiger charge is 2.34. The third kappa shape index (κ3) is 4.12. The van der Waals surface area contributed by atoms with Crippen LogP contribution in [0.3, 0.4) is 0 Å². The normalized spacial score (nSPS) is 23.6. The first-order chi connectivity index (χ1) is 11.9. The molecule has 0 saturated carbocycles. The number of thioether (sulfide) groups is 1. The van der Waals surface area contributed by atoms with Crippen LogP contribution in [0.1, 0.15) is 16.8 Å². The summed E-state index contributed by atoms with van der Waals surface area (Å²) in [6, 6.07) is 5.75. The quantitative estimate of drug-likeness (QED) is 0.731. The summed E-state index contributed by atoms with van der Waals surface area (Å²) in [6.07, 6.45) is 2.69. The summed E-state index contributed by atoms with van der Waals surface area (Å²) < 4.78 is 28.7. The summed E-state index contributed by atoms with van der Waals surface area (Å²) in [5.74, 6) is 1.12. The molecule has 0 aliphatic carbocycles. The van der Waals surface area contributed by atoms with E-state index in [0.717, 1.165) is 18.0 Å². The van der Waals surface area contributed by atoms with Gasteiger partial charge in [-0.2, -0.15) is 0 Å². The molecule has 2 aliphatic rings. The Bertz CT molecular complexity index is 743. The molecular formula is C17H24N2O4S2. The Morgan fingerprint density at radius 1 is 1.24 bits per heavy atom. The van der Waals surface area contributed by atoms with Crippen molar-refractivity contribution in [3.8, 4) is 5.75 Å². The second-order valence-electron chi connectivity index (χ2n) is 6.45. The van der Waals surface area contributed by atoms with E-state index in [1.54, 1.807) is 18.9 Å². The van der Waals surface area contributed by atoms with Gasteiger partial charge in [-0.3, -0.25) is 9.69 Å². The monoisotopic (exact) mass is 384 g/mol. The SMILES string of the molecule is COc1cc(SC)ccc1C(=O)N1CCN([C@@H]2CCS(=O)(=O)C2)CC1. The van der Waals surface area contributed by atoms with Crippen molar-refractivity contribution < 1.29 is 17.9 Å². The molecule has 25 heavy (non-hydrogen) atoms. The first-order valence-electron chi connectivity index (χ1n) is 8.39. The maximum absolute atomic E-state index is 12.8. The standard InChI is InChI=1S/C17H24N2O4S2/c1-23-16-11-14(24-2)3-4-15(16)17(20)19-8-6-18(7-9-19)13-5-10-25(21,22)12-13/h3-4,11,13H,5-10,12H2,1-2H3/t13-/m1/s1. The number of nitrogens with zero attached hydrogens (tertiary/aromatic N) is 2. The molecule has 0 spiro atoms. The number of carbonyl (C=O) groups is 1. The van der Waals surface area contributed by atoms with Gasteiger partial charge in [0.1, 0.15) is 5.75 Å². The number of carbonyl (C=O) groups excluding carboxylic acids is 1. The zero-order valence-electron chi connectivity index (χ0n) is 14.6. The van der Waals surface area contributed by atoms with Crippen molar-refractivity contribution in [3.05, 3.63) is 23.8 Å². The van der Waals surface area contributed by atoms with Crippen LogP contribution in [0.25, 0.3) is 0 Å². The molecule has 1 atom stereocenters. The number of piperazine rings is 1. The third-order valence-corrected chi connectivity index (χ3v) is 7.44. The summed E-state index contributed by atoms with van der Waals surface area (Å²) in [6.45, 7) is 2.67. The highest BCUT2D eigenvalue weighted by atomic mass is 32.2. The number of benzene rings is 1. The second kappa shape index (κ2) is 7.55. The molecular weight excluding hydrogens is 360 g/mol. The summed E-state index contributed by atoms with van der Waals surface area (Å²) >= 11 is 1.61. The number of sulfone groups is 1. The van der Waals surface area contributed by atoms with E-state index < -0.39 is 9.84 Å². The van der Waals surface area contributed by atoms with E-state index in [4.69, 9.17) is 4.74 Å². The molecule has 0 aromatic heterocycles. The predicted octanol–water partition coefficient (Wildman–Crippen LogP) is 1.36. The van der Waals surface area contributed by atoms with Crippen molar-refractivity contribution in [2.45, 2.75) is 17.4 Å². The van der Waals surface area contributed by atoms with E-state index in [1.807, 2.05) is 29.4 Å². The molecule has 3 rings (SSSR count). The van der Waals surface area contributed by atoms with Gasteiger partial charge >= 0.3 is 0 Å². The van der Waals surface area contributed by atoms with Crippen molar-refractivity contribution >= 4 is 27.5 Å². The summed E-state index contributed by atoms with van der Waals surface area (Å²) in [5.41, 5.74) is 0.581. The molecule has 0 N–H and O–H groups in total. The van der Waals surface area contributed by atoms with Crippen LogP contribution in [0.2, 0.25) is 0 Å². The van der Waals surface area contributed by atoms with Crippen LogP contribution in [0.4, 0.5) is 0 Å². The fourth-order valence-corrected chi connectivity index (χ4v) is 5.69. The van der Waals surface area contributed by atoms with E-state index in [2.05, 4.69) is 4.90 Å². The Morgan fingerprint density at radius 2 is 1.96 bits per heavy atom. The number of rotatable bonds is 4. The van der Waals surface area contributed by atoms with Crippen molar-refractivity contribution in [2.24, 2.45) is 0 Å². The third-order valence-electron chi connectivity index (χ3n) is 4.97. The number of ether oxygens (including phenoxy) is 1. The molecule has 0 unspecified atom stereocenters. The van der Waals surface area contributed by atoms with Gasteiger partial charge in [0.15, 0.2) is 9.84 Å². The molecule has 6 nitrogen and oxygen atoms in total. The van der Waals surface area contributed by atoms with Gasteiger partial charge in [-0.05, 0) is 30.9 Å². The minimum atomic E-state index is -2.87. The molecule has 2 aliphatic heterocycles. The number of amides is 1. The first kappa shape index (κ1) is 18.5. The lowest BCUT2D eigenvalue weighted by Crippen LogP contribution is -2.52. The molecule has 2 heterocycles. The Labute approximate surface area is 153 Å². The molecule has 138 valence electrons. The smallest absolute Gasteiger partial charge is 0.257 e. The fourth-order valence-electron chi connectivity index (χ4n) is 3.50. The van der Waals surface area contributed by atoms with Crippen molar-refractivity contribution in [2.75, 3.05) is 51.1 Å². The Hall–Kier alpha value is -1.25. The lowest BCUT2D eigenvalue weighted by molar-refractivity contribution is 0.0584. The average molecular weight is 385 g/mol. The fraction of sp³-hybridized carbons (Fsp3) is 0.588. The van der Waals surface area contributed by atoms with Gasteiger partial charge in [0.05, 0.1) is 24.2 Å². The Kier molecular flexibility index (Phi) is 5.60. The minimum Gasteiger partial charge on any atom is -0.496 e. The van der Waals surface area contributed by atoms with E-state index in [0.29, 0.717) is 30.8 Å². The van der Waals surface area contributed by atoms with Crippen LogP contribution < -0.4 is 4.74 Å². The number of methoxy groups -OCH3 is 1. The maximum atomic E-state index is 12.8. The molecule has 0 bridgehead atoms. The van der Waals surface area contributed by atoms with Crippen molar-refractivity contribution in [3.63, 3.8) is 0 Å². The molecule has 0 radical (unpaired) electrons. The predicted molar refractivity (Wildman–Crippen MR) is 99.3 cm³/mol. The van der Waals surface area contributed by atoms with Crippen LogP contribution in [-0.2, 0) is 9.84 Å². The molecule has 1 aromatic rings. The lowest BCUT2D eigenvalue weighted by atomic mass is 10.1. The van der Waals surface area contributed by atoms with E-state index in [1.165, 1.54) is 0 Å². The topological polar surface area (TPSA) is 66.9 Å². The van der Waals surface area contributed by atoms with Crippen LogP contribution in [0.15, 0.2) is 23.1 Å². The average Bonchev–Trinajstić information content (AvgIpc) is 3.00.